The summed E-state index contributed by atoms with van der Waals surface area (Å²) in [5, 5.41) is 12.2. The molecule has 1 fully saturated rings. The molecular weight excluding hydrogens is 548 g/mol. The zero-order valence-corrected chi connectivity index (χ0v) is 25.9. The van der Waals surface area contributed by atoms with Crippen LogP contribution in [0.15, 0.2) is 53.5 Å². The summed E-state index contributed by atoms with van der Waals surface area (Å²) in [6.45, 7) is 6.49. The SMILES string of the molecule is COc1cccc([C@H]2OC(c3ccc(OCCCO)cc3)=N[C@@]2(CCC(=O)OC(C)(C)C)C(=O)NCC2CCCCC2)c1. The third kappa shape index (κ3) is 8.72. The van der Waals surface area contributed by atoms with E-state index in [4.69, 9.17) is 29.0 Å². The van der Waals surface area contributed by atoms with Gasteiger partial charge in [-0.05, 0) is 87.9 Å². The van der Waals surface area contributed by atoms with Crippen LogP contribution in [0.4, 0.5) is 0 Å². The standard InChI is InChI=1S/C34H46N2O7/c1-33(2,3)43-29(38)18-19-34(32(39)35-23-24-10-6-5-7-11-24)30(26-12-8-13-28(22-26)40-4)42-31(36-34)25-14-16-27(17-15-25)41-21-9-20-37/h8,12-17,22,24,30,37H,5-7,9-11,18-21,23H2,1-4H3,(H,35,39)/t30-,34-/m1/s1. The van der Waals surface area contributed by atoms with Crippen molar-refractivity contribution in [2.24, 2.45) is 10.9 Å². The van der Waals surface area contributed by atoms with Crippen LogP contribution in [-0.2, 0) is 19.1 Å². The van der Waals surface area contributed by atoms with Gasteiger partial charge in [0, 0.05) is 31.6 Å². The molecule has 43 heavy (non-hydrogen) atoms. The summed E-state index contributed by atoms with van der Waals surface area (Å²) in [6.07, 6.45) is 5.57. The van der Waals surface area contributed by atoms with E-state index in [0.717, 1.165) is 18.4 Å². The van der Waals surface area contributed by atoms with E-state index in [0.29, 0.717) is 48.5 Å². The maximum Gasteiger partial charge on any atom is 0.306 e. The van der Waals surface area contributed by atoms with Crippen LogP contribution in [0.5, 0.6) is 11.5 Å². The van der Waals surface area contributed by atoms with Crippen molar-refractivity contribution in [2.75, 3.05) is 26.9 Å². The number of benzene rings is 2. The zero-order chi connectivity index (χ0) is 30.9. The normalized spacial score (nSPS) is 20.6. The zero-order valence-electron chi connectivity index (χ0n) is 25.9. The molecule has 0 bridgehead atoms. The van der Waals surface area contributed by atoms with Crippen LogP contribution < -0.4 is 14.8 Å². The molecule has 9 heteroatoms. The Balaban J connectivity index is 1.70. The molecule has 1 heterocycles. The summed E-state index contributed by atoms with van der Waals surface area (Å²) in [4.78, 5) is 32.2. The number of carbonyl (C=O) groups excluding carboxylic acids is 2. The fraction of sp³-hybridized carbons (Fsp3) is 0.559. The molecule has 2 aliphatic rings. The molecule has 9 nitrogen and oxygen atoms in total. The van der Waals surface area contributed by atoms with Crippen LogP contribution in [0.2, 0.25) is 0 Å². The molecule has 1 saturated carbocycles. The second-order valence-corrected chi connectivity index (χ2v) is 12.4. The number of carbonyl (C=O) groups is 2. The number of amides is 1. The fourth-order valence-electron chi connectivity index (χ4n) is 5.64. The Morgan fingerprint density at radius 3 is 2.49 bits per heavy atom. The predicted molar refractivity (Wildman–Crippen MR) is 164 cm³/mol. The van der Waals surface area contributed by atoms with Gasteiger partial charge in [0.2, 0.25) is 5.90 Å². The summed E-state index contributed by atoms with van der Waals surface area (Å²) in [5.74, 6) is 1.34. The lowest BCUT2D eigenvalue weighted by Gasteiger charge is -2.32. The van der Waals surface area contributed by atoms with E-state index in [1.54, 1.807) is 7.11 Å². The predicted octanol–water partition coefficient (Wildman–Crippen LogP) is 5.53. The molecule has 1 aliphatic heterocycles. The number of methoxy groups -OCH3 is 1. The highest BCUT2D eigenvalue weighted by Crippen LogP contribution is 2.44. The maximum atomic E-state index is 14.3. The van der Waals surface area contributed by atoms with Crippen LogP contribution in [0.1, 0.15) is 89.4 Å². The topological polar surface area (TPSA) is 116 Å². The third-order valence-electron chi connectivity index (χ3n) is 7.83. The molecule has 2 aromatic rings. The quantitative estimate of drug-likeness (QED) is 0.231. The van der Waals surface area contributed by atoms with Gasteiger partial charge >= 0.3 is 5.97 Å². The Morgan fingerprint density at radius 2 is 1.81 bits per heavy atom. The van der Waals surface area contributed by atoms with Crippen molar-refractivity contribution in [3.63, 3.8) is 0 Å². The van der Waals surface area contributed by atoms with Crippen molar-refractivity contribution in [2.45, 2.75) is 89.4 Å². The second kappa shape index (κ2) is 14.7. The van der Waals surface area contributed by atoms with Gasteiger partial charge in [-0.25, -0.2) is 4.99 Å². The number of aliphatic hydroxyl groups is 1. The molecule has 2 aromatic carbocycles. The molecule has 0 radical (unpaired) electrons. The molecule has 2 N–H and O–H groups in total. The minimum absolute atomic E-state index is 0.00758. The van der Waals surface area contributed by atoms with E-state index < -0.39 is 23.2 Å². The second-order valence-electron chi connectivity index (χ2n) is 12.4. The van der Waals surface area contributed by atoms with Gasteiger partial charge in [-0.3, -0.25) is 9.59 Å². The fourth-order valence-corrected chi connectivity index (χ4v) is 5.64. The van der Waals surface area contributed by atoms with Crippen molar-refractivity contribution in [3.05, 3.63) is 59.7 Å². The highest BCUT2D eigenvalue weighted by atomic mass is 16.6. The number of esters is 1. The Kier molecular flexibility index (Phi) is 11.1. The first-order valence-corrected chi connectivity index (χ1v) is 15.4. The summed E-state index contributed by atoms with van der Waals surface area (Å²) < 4.78 is 23.3. The number of aliphatic hydroxyl groups excluding tert-OH is 1. The number of aliphatic imine (C=N–C) groups is 1. The number of ether oxygens (including phenoxy) is 4. The Hall–Kier alpha value is -3.59. The molecule has 2 atom stereocenters. The first kappa shape index (κ1) is 32.3. The molecule has 0 spiro atoms. The molecule has 4 rings (SSSR count). The molecule has 0 unspecified atom stereocenters. The number of nitrogens with one attached hydrogen (secondary N) is 1. The van der Waals surface area contributed by atoms with Crippen molar-refractivity contribution in [3.8, 4) is 11.5 Å². The summed E-state index contributed by atoms with van der Waals surface area (Å²) >= 11 is 0. The lowest BCUT2D eigenvalue weighted by Crippen LogP contribution is -2.50. The highest BCUT2D eigenvalue weighted by molar-refractivity contribution is 6.01. The minimum atomic E-state index is -1.41. The first-order chi connectivity index (χ1) is 20.6. The summed E-state index contributed by atoms with van der Waals surface area (Å²) in [6, 6.07) is 14.7. The molecule has 0 aromatic heterocycles. The number of nitrogens with zero attached hydrogens (tertiary/aromatic N) is 1. The van der Waals surface area contributed by atoms with Gasteiger partial charge < -0.3 is 29.4 Å². The maximum absolute atomic E-state index is 14.3. The van der Waals surface area contributed by atoms with E-state index in [9.17, 15) is 9.59 Å². The number of hydrogen-bond acceptors (Lipinski definition) is 8. The van der Waals surface area contributed by atoms with Crippen LogP contribution in [0, 0.1) is 5.92 Å². The molecule has 234 valence electrons. The smallest absolute Gasteiger partial charge is 0.306 e. The van der Waals surface area contributed by atoms with Crippen LogP contribution in [0.3, 0.4) is 0 Å². The lowest BCUT2D eigenvalue weighted by atomic mass is 9.82. The van der Waals surface area contributed by atoms with Crippen molar-refractivity contribution in [1.29, 1.82) is 0 Å². The van der Waals surface area contributed by atoms with E-state index in [1.807, 2.05) is 69.3 Å². The Bertz CT molecular complexity index is 1250. The van der Waals surface area contributed by atoms with Gasteiger partial charge in [0.05, 0.1) is 13.7 Å². The van der Waals surface area contributed by atoms with E-state index >= 15 is 0 Å². The van der Waals surface area contributed by atoms with Crippen LogP contribution in [-0.4, -0.2) is 60.9 Å². The Morgan fingerprint density at radius 1 is 1.07 bits per heavy atom. The van der Waals surface area contributed by atoms with E-state index in [-0.39, 0.29) is 25.4 Å². The number of rotatable bonds is 13. The van der Waals surface area contributed by atoms with E-state index in [2.05, 4.69) is 5.32 Å². The molecule has 1 amide bonds. The minimum Gasteiger partial charge on any atom is -0.497 e. The van der Waals surface area contributed by atoms with Gasteiger partial charge in [-0.15, -0.1) is 0 Å². The van der Waals surface area contributed by atoms with Gasteiger partial charge in [0.25, 0.3) is 5.91 Å². The van der Waals surface area contributed by atoms with Gasteiger partial charge in [-0.1, -0.05) is 31.4 Å². The monoisotopic (exact) mass is 594 g/mol. The first-order valence-electron chi connectivity index (χ1n) is 15.4. The number of hydrogen-bond donors (Lipinski definition) is 2. The van der Waals surface area contributed by atoms with Crippen LogP contribution in [0.25, 0.3) is 0 Å². The average Bonchev–Trinajstić information content (AvgIpc) is 3.40. The summed E-state index contributed by atoms with van der Waals surface area (Å²) in [7, 11) is 1.59. The van der Waals surface area contributed by atoms with Crippen molar-refractivity contribution < 1.29 is 33.6 Å². The van der Waals surface area contributed by atoms with Crippen LogP contribution >= 0.6 is 0 Å². The molecular formula is C34H46N2O7. The van der Waals surface area contributed by atoms with Gasteiger partial charge in [0.15, 0.2) is 11.6 Å². The van der Waals surface area contributed by atoms with Crippen molar-refractivity contribution in [1.82, 2.24) is 5.32 Å². The van der Waals surface area contributed by atoms with Gasteiger partial charge in [0.1, 0.15) is 17.1 Å². The van der Waals surface area contributed by atoms with Gasteiger partial charge in [-0.2, -0.15) is 0 Å². The Labute approximate surface area is 255 Å². The molecule has 1 aliphatic carbocycles. The lowest BCUT2D eigenvalue weighted by molar-refractivity contribution is -0.155. The average molecular weight is 595 g/mol. The van der Waals surface area contributed by atoms with E-state index in [1.165, 1.54) is 19.3 Å². The summed E-state index contributed by atoms with van der Waals surface area (Å²) in [5.41, 5.74) is -0.661. The third-order valence-corrected chi connectivity index (χ3v) is 7.83. The van der Waals surface area contributed by atoms with Crippen molar-refractivity contribution >= 4 is 17.8 Å². The largest absolute Gasteiger partial charge is 0.497 e. The molecule has 0 saturated heterocycles. The highest BCUT2D eigenvalue weighted by Gasteiger charge is 2.53.